The van der Waals surface area contributed by atoms with Crippen molar-refractivity contribution in [2.75, 3.05) is 0 Å². The number of hydrogen-bond donors (Lipinski definition) is 0. The third-order valence-corrected chi connectivity index (χ3v) is 32.6. The minimum absolute atomic E-state index is 0.00366. The van der Waals surface area contributed by atoms with Gasteiger partial charge in [0.05, 0.1) is 10.2 Å². The van der Waals surface area contributed by atoms with E-state index in [-0.39, 0.29) is 21.7 Å². The molecule has 646 valence electrons. The van der Waals surface area contributed by atoms with Gasteiger partial charge in [-0.05, 0) is 311 Å². The van der Waals surface area contributed by atoms with Gasteiger partial charge in [-0.2, -0.15) is 0 Å². The summed E-state index contributed by atoms with van der Waals surface area (Å²) in [6.45, 7) is 25.5. The van der Waals surface area contributed by atoms with Crippen LogP contribution < -0.4 is 0 Å². The summed E-state index contributed by atoms with van der Waals surface area (Å²) >= 11 is 1.75. The molecule has 0 aliphatic heterocycles. The quantitative estimate of drug-likeness (QED) is 0.145. The third-order valence-electron chi connectivity index (χ3n) is 31.6. The molecule has 0 N–H and O–H groups in total. The van der Waals surface area contributed by atoms with E-state index < -0.39 is 0 Å². The van der Waals surface area contributed by atoms with E-state index in [9.17, 15) is 0 Å². The van der Waals surface area contributed by atoms with Crippen LogP contribution in [0.1, 0.15) is 117 Å². The minimum atomic E-state index is -0.00946. The normalized spacial score (nSPS) is 14.1. The van der Waals surface area contributed by atoms with Crippen LogP contribution in [0, 0.1) is 20.8 Å². The number of nitrogens with zero attached hydrogens (tertiary/aromatic N) is 1. The van der Waals surface area contributed by atoms with Gasteiger partial charge in [0.15, 0.2) is 0 Å². The van der Waals surface area contributed by atoms with Gasteiger partial charge >= 0.3 is 0 Å². The number of thiazole rings is 1. The van der Waals surface area contributed by atoms with Crippen molar-refractivity contribution < 1.29 is 0 Å². The summed E-state index contributed by atoms with van der Waals surface area (Å²) in [7, 11) is 0. The standard InChI is InChI=1S/C46H32.C45H36.C43H31NS/c1-27-19-21-38-40(25-27)43(28-20-24-42-39(26-28)31-13-8-9-18-41(31)46(42,2)3)33-14-6-7-15-34(33)45(38)37-23-22-36-30-12-5-4-11-29(30)32-16-10-17-35(37)44(32)36;1-27-18-21-34-37(24-27)43(29-20-23-41-36(26-29)31-13-9-11-17-39(31)45(41,4)5)33-15-7-6-14-32(33)42(34)28-19-22-40-35(25-28)30-12-8-10-16-38(30)44(40,2)3;1-26-16-22-33-35(24-26)41(29-21-23-37-34(25-29)30-10-6-7-13-36(30)43(37,2)3)32-12-5-4-11-31(32)40(33)27-17-19-28(20-18-27)42-44-38-14-8-9-15-39(38)45-42/h4-26H,1-3H3;6-26H,1-5H3;4-25H,1-3H3. The van der Waals surface area contributed by atoms with Gasteiger partial charge in [-0.1, -0.05) is 436 Å². The monoisotopic (exact) mass is 1750 g/mol. The van der Waals surface area contributed by atoms with Crippen LogP contribution in [-0.4, -0.2) is 4.98 Å². The van der Waals surface area contributed by atoms with Gasteiger partial charge in [0.1, 0.15) is 5.01 Å². The second-order valence-corrected chi connectivity index (χ2v) is 41.8. The molecule has 22 aromatic carbocycles. The molecule has 0 amide bonds. The fraction of sp³-hybridized carbons (Fsp3) is 0.112. The Labute approximate surface area is 799 Å². The van der Waals surface area contributed by atoms with Crippen molar-refractivity contribution in [3.8, 4) is 144 Å². The molecule has 23 aromatic rings. The Balaban J connectivity index is 0.000000106. The summed E-state index contributed by atoms with van der Waals surface area (Å²) in [6, 6.07) is 150. The first-order valence-corrected chi connectivity index (χ1v) is 49.0. The summed E-state index contributed by atoms with van der Waals surface area (Å²) in [5.74, 6) is 0. The number of para-hydroxylation sites is 1. The van der Waals surface area contributed by atoms with Crippen molar-refractivity contribution in [3.05, 3.63) is 462 Å². The number of rotatable bonds is 7. The third kappa shape index (κ3) is 12.1. The van der Waals surface area contributed by atoms with Crippen molar-refractivity contribution in [2.24, 2.45) is 0 Å². The minimum Gasteiger partial charge on any atom is -0.236 e. The molecule has 1 heterocycles. The second-order valence-electron chi connectivity index (χ2n) is 40.8. The zero-order valence-electron chi connectivity index (χ0n) is 78.5. The van der Waals surface area contributed by atoms with Crippen LogP contribution in [0.3, 0.4) is 0 Å². The predicted molar refractivity (Wildman–Crippen MR) is 582 cm³/mol. The summed E-state index contributed by atoms with van der Waals surface area (Å²) in [4.78, 5) is 4.91. The number of aromatic nitrogens is 1. The number of hydrogen-bond acceptors (Lipinski definition) is 2. The Morgan fingerprint density at radius 2 is 0.441 bits per heavy atom. The van der Waals surface area contributed by atoms with E-state index in [2.05, 4.69) is 477 Å². The van der Waals surface area contributed by atoms with Gasteiger partial charge in [-0.15, -0.1) is 11.3 Å². The van der Waals surface area contributed by atoms with Crippen molar-refractivity contribution in [1.82, 2.24) is 4.98 Å². The molecule has 0 atom stereocenters. The van der Waals surface area contributed by atoms with E-state index in [0.717, 1.165) is 16.1 Å². The van der Waals surface area contributed by atoms with Gasteiger partial charge in [0.25, 0.3) is 0 Å². The molecule has 1 nitrogen and oxygen atoms in total. The van der Waals surface area contributed by atoms with Crippen molar-refractivity contribution >= 4 is 97.0 Å². The maximum absolute atomic E-state index is 4.91. The molecule has 0 fully saturated rings. The lowest BCUT2D eigenvalue weighted by Crippen LogP contribution is -2.14. The molecule has 1 aromatic heterocycles. The zero-order chi connectivity index (χ0) is 91.7. The van der Waals surface area contributed by atoms with Crippen molar-refractivity contribution in [2.45, 2.75) is 97.8 Å². The maximum atomic E-state index is 4.91. The first kappa shape index (κ1) is 81.3. The van der Waals surface area contributed by atoms with Gasteiger partial charge in [0.2, 0.25) is 0 Å². The Morgan fingerprint density at radius 3 is 0.824 bits per heavy atom. The molecule has 5 aliphatic carbocycles. The van der Waals surface area contributed by atoms with E-state index in [1.807, 2.05) is 0 Å². The van der Waals surface area contributed by atoms with Crippen LogP contribution >= 0.6 is 11.3 Å². The van der Waals surface area contributed by atoms with Crippen LogP contribution in [0.4, 0.5) is 0 Å². The highest BCUT2D eigenvalue weighted by Gasteiger charge is 2.41. The predicted octanol–water partition coefficient (Wildman–Crippen LogP) is 37.2. The first-order chi connectivity index (χ1) is 66.2. The summed E-state index contributed by atoms with van der Waals surface area (Å²) in [5.41, 5.74) is 49.1. The molecular formula is C134H99NS. The number of fused-ring (bicyclic) bond motifs is 22. The Morgan fingerprint density at radius 1 is 0.176 bits per heavy atom. The van der Waals surface area contributed by atoms with Crippen LogP contribution in [0.5, 0.6) is 0 Å². The van der Waals surface area contributed by atoms with E-state index in [4.69, 9.17) is 4.98 Å². The lowest BCUT2D eigenvalue weighted by Gasteiger charge is -2.23. The molecule has 28 rings (SSSR count). The smallest absolute Gasteiger partial charge is 0.124 e. The summed E-state index contributed by atoms with van der Waals surface area (Å²) in [6.07, 6.45) is 0. The van der Waals surface area contributed by atoms with Gasteiger partial charge in [-0.25, -0.2) is 4.98 Å². The lowest BCUT2D eigenvalue weighted by atomic mass is 9.80. The molecule has 136 heavy (non-hydrogen) atoms. The molecule has 0 radical (unpaired) electrons. The molecule has 5 aliphatic rings. The SMILES string of the molecule is Cc1ccc2c(-c3ccc(-c4nc5ccccc5s4)cc3)c3ccccc3c(-c3ccc4c(c3)-c3ccccc3C4(C)C)c2c1.Cc1ccc2c(-c3ccc4c(c3)-c3ccccc3C4(C)C)c3ccccc3c(-c3ccc4c(c3)-c3ccccc3C4(C)C)c2c1.Cc1ccc2c(-c3ccc4c5c(cccc35)-c3ccccc3-4)c3ccccc3c(-c3ccc4c(c3)-c3ccccc3C4(C)C)c2c1. The number of aryl methyl sites for hydroxylation is 3. The van der Waals surface area contributed by atoms with E-state index >= 15 is 0 Å². The fourth-order valence-electron chi connectivity index (χ4n) is 25.0. The maximum Gasteiger partial charge on any atom is 0.124 e. The van der Waals surface area contributed by atoms with Crippen LogP contribution in [0.2, 0.25) is 0 Å². The van der Waals surface area contributed by atoms with Gasteiger partial charge in [-0.3, -0.25) is 0 Å². The van der Waals surface area contributed by atoms with E-state index in [0.29, 0.717) is 0 Å². The largest absolute Gasteiger partial charge is 0.236 e. The Hall–Kier alpha value is -15.5. The number of benzene rings is 22. The molecular weight excluding hydrogens is 1660 g/mol. The average molecular weight is 1760 g/mol. The van der Waals surface area contributed by atoms with E-state index in [1.54, 1.807) is 11.3 Å². The lowest BCUT2D eigenvalue weighted by molar-refractivity contribution is 0.660. The summed E-state index contributed by atoms with van der Waals surface area (Å²) in [5, 5.41) is 19.3. The van der Waals surface area contributed by atoms with Crippen molar-refractivity contribution in [1.29, 1.82) is 0 Å². The first-order valence-electron chi connectivity index (χ1n) is 48.2. The molecule has 0 bridgehead atoms. The van der Waals surface area contributed by atoms with Crippen molar-refractivity contribution in [3.63, 3.8) is 0 Å². The zero-order valence-corrected chi connectivity index (χ0v) is 79.3. The molecule has 0 spiro atoms. The van der Waals surface area contributed by atoms with E-state index in [1.165, 1.54) is 275 Å². The Kier molecular flexibility index (Phi) is 18.1. The molecule has 0 unspecified atom stereocenters. The highest BCUT2D eigenvalue weighted by molar-refractivity contribution is 7.21. The van der Waals surface area contributed by atoms with Gasteiger partial charge in [0, 0.05) is 27.2 Å². The van der Waals surface area contributed by atoms with Crippen LogP contribution in [-0.2, 0) is 21.7 Å². The van der Waals surface area contributed by atoms with Crippen LogP contribution in [0.15, 0.2) is 400 Å². The highest BCUT2D eigenvalue weighted by atomic mass is 32.1. The topological polar surface area (TPSA) is 12.9 Å². The fourth-order valence-corrected chi connectivity index (χ4v) is 26.0. The average Bonchev–Trinajstić information content (AvgIpc) is 1.37. The molecule has 2 heteroatoms. The highest BCUT2D eigenvalue weighted by Crippen LogP contribution is 2.59. The second kappa shape index (κ2) is 30.3. The van der Waals surface area contributed by atoms with Gasteiger partial charge < -0.3 is 0 Å². The summed E-state index contributed by atoms with van der Waals surface area (Å²) < 4.78 is 1.22. The molecule has 0 saturated carbocycles. The van der Waals surface area contributed by atoms with Crippen LogP contribution in [0.25, 0.3) is 230 Å². The molecule has 0 saturated heterocycles. The Bertz CT molecular complexity index is 9070.